The number of nitriles is 1. The van der Waals surface area contributed by atoms with E-state index in [4.69, 9.17) is 15.1 Å². The maximum atomic E-state index is 12.1. The molecule has 0 aliphatic rings. The molecule has 0 radical (unpaired) electrons. The van der Waals surface area contributed by atoms with Gasteiger partial charge in [0.25, 0.3) is 5.91 Å². The van der Waals surface area contributed by atoms with Gasteiger partial charge in [-0.1, -0.05) is 25.1 Å². The van der Waals surface area contributed by atoms with Crippen molar-refractivity contribution in [2.24, 2.45) is 5.92 Å². The topological polar surface area (TPSA) is 82.3 Å². The summed E-state index contributed by atoms with van der Waals surface area (Å²) in [5.74, 6) is 0.723. The van der Waals surface area contributed by atoms with Crippen LogP contribution in [0.1, 0.15) is 34.8 Å². The van der Waals surface area contributed by atoms with Crippen LogP contribution in [0.3, 0.4) is 0 Å². The van der Waals surface area contributed by atoms with Crippen LogP contribution in [0.2, 0.25) is 0 Å². The van der Waals surface area contributed by atoms with Crippen molar-refractivity contribution in [1.29, 1.82) is 5.26 Å². The van der Waals surface area contributed by atoms with Crippen molar-refractivity contribution < 1.29 is 14.6 Å². The fourth-order valence-corrected chi connectivity index (χ4v) is 2.31. The first kappa shape index (κ1) is 18.5. The maximum Gasteiger partial charge on any atom is 0.251 e. The Labute approximate surface area is 147 Å². The molecule has 2 aromatic rings. The van der Waals surface area contributed by atoms with Gasteiger partial charge in [0.05, 0.1) is 11.6 Å². The van der Waals surface area contributed by atoms with E-state index < -0.39 is 0 Å². The van der Waals surface area contributed by atoms with Crippen molar-refractivity contribution >= 4 is 5.91 Å². The summed E-state index contributed by atoms with van der Waals surface area (Å²) < 4.78 is 5.69. The molecular weight excluding hydrogens is 316 g/mol. The first-order chi connectivity index (χ1) is 12.1. The van der Waals surface area contributed by atoms with Crippen molar-refractivity contribution in [2.75, 3.05) is 13.2 Å². The van der Waals surface area contributed by atoms with Crippen LogP contribution in [0.15, 0.2) is 48.5 Å². The van der Waals surface area contributed by atoms with E-state index >= 15 is 0 Å². The van der Waals surface area contributed by atoms with Crippen LogP contribution in [0.5, 0.6) is 5.75 Å². The van der Waals surface area contributed by atoms with E-state index in [9.17, 15) is 4.79 Å². The van der Waals surface area contributed by atoms with Crippen LogP contribution < -0.4 is 10.1 Å². The highest BCUT2D eigenvalue weighted by Gasteiger charge is 2.08. The molecule has 0 heterocycles. The molecule has 0 aliphatic carbocycles. The number of benzene rings is 2. The SMILES string of the molecule is CC(CCO)CNC(=O)c1ccc(OCc2ccccc2C#N)cc1. The van der Waals surface area contributed by atoms with Crippen LogP contribution in [0.25, 0.3) is 0 Å². The van der Waals surface area contributed by atoms with Gasteiger partial charge in [0.1, 0.15) is 12.4 Å². The summed E-state index contributed by atoms with van der Waals surface area (Å²) in [6.45, 7) is 2.93. The molecule has 2 rings (SSSR count). The summed E-state index contributed by atoms with van der Waals surface area (Å²) in [7, 11) is 0. The molecule has 0 aliphatic heterocycles. The van der Waals surface area contributed by atoms with E-state index in [1.165, 1.54) is 0 Å². The Morgan fingerprint density at radius 3 is 2.64 bits per heavy atom. The van der Waals surface area contributed by atoms with Crippen LogP contribution in [0.4, 0.5) is 0 Å². The normalized spacial score (nSPS) is 11.4. The zero-order valence-corrected chi connectivity index (χ0v) is 14.2. The fourth-order valence-electron chi connectivity index (χ4n) is 2.31. The third-order valence-electron chi connectivity index (χ3n) is 3.88. The van der Waals surface area contributed by atoms with E-state index in [2.05, 4.69) is 11.4 Å². The van der Waals surface area contributed by atoms with E-state index in [-0.39, 0.29) is 18.4 Å². The fraction of sp³-hybridized carbons (Fsp3) is 0.300. The lowest BCUT2D eigenvalue weighted by molar-refractivity contribution is 0.0945. The van der Waals surface area contributed by atoms with E-state index in [0.717, 1.165) is 5.56 Å². The Morgan fingerprint density at radius 1 is 1.24 bits per heavy atom. The molecule has 0 saturated carbocycles. The third-order valence-corrected chi connectivity index (χ3v) is 3.88. The van der Waals surface area contributed by atoms with Gasteiger partial charge in [-0.2, -0.15) is 5.26 Å². The average Bonchev–Trinajstić information content (AvgIpc) is 2.65. The van der Waals surface area contributed by atoms with Crippen molar-refractivity contribution in [3.8, 4) is 11.8 Å². The highest BCUT2D eigenvalue weighted by Crippen LogP contribution is 2.16. The molecule has 1 amide bonds. The van der Waals surface area contributed by atoms with Crippen molar-refractivity contribution in [2.45, 2.75) is 20.0 Å². The number of aliphatic hydroxyl groups excluding tert-OH is 1. The monoisotopic (exact) mass is 338 g/mol. The van der Waals surface area contributed by atoms with E-state index in [0.29, 0.717) is 36.4 Å². The molecule has 1 unspecified atom stereocenters. The number of hydrogen-bond donors (Lipinski definition) is 2. The van der Waals surface area contributed by atoms with Crippen molar-refractivity contribution in [3.05, 3.63) is 65.2 Å². The maximum absolute atomic E-state index is 12.1. The Hall–Kier alpha value is -2.84. The molecule has 5 nitrogen and oxygen atoms in total. The van der Waals surface area contributed by atoms with Crippen molar-refractivity contribution in [1.82, 2.24) is 5.32 Å². The molecule has 0 aromatic heterocycles. The summed E-state index contributed by atoms with van der Waals surface area (Å²) in [5, 5.41) is 20.8. The lowest BCUT2D eigenvalue weighted by atomic mass is 10.1. The lowest BCUT2D eigenvalue weighted by Crippen LogP contribution is -2.28. The molecule has 0 bridgehead atoms. The zero-order chi connectivity index (χ0) is 18.1. The van der Waals surface area contributed by atoms with Gasteiger partial charge in [-0.15, -0.1) is 0 Å². The summed E-state index contributed by atoms with van der Waals surface area (Å²) in [4.78, 5) is 12.1. The largest absolute Gasteiger partial charge is 0.489 e. The van der Waals surface area contributed by atoms with E-state index in [1.54, 1.807) is 30.3 Å². The number of ether oxygens (including phenoxy) is 1. The Morgan fingerprint density at radius 2 is 1.96 bits per heavy atom. The molecular formula is C20H22N2O3. The van der Waals surface area contributed by atoms with Gasteiger partial charge >= 0.3 is 0 Å². The van der Waals surface area contributed by atoms with Crippen LogP contribution in [0, 0.1) is 17.2 Å². The minimum absolute atomic E-state index is 0.123. The standard InChI is InChI=1S/C20H22N2O3/c1-15(10-11-23)13-22-20(24)16-6-8-19(9-7-16)25-14-18-5-3-2-4-17(18)12-21/h2-9,15,23H,10-11,13-14H2,1H3,(H,22,24). The highest BCUT2D eigenvalue weighted by molar-refractivity contribution is 5.94. The van der Waals surface area contributed by atoms with Crippen LogP contribution in [-0.2, 0) is 6.61 Å². The second-order valence-electron chi connectivity index (χ2n) is 5.91. The van der Waals surface area contributed by atoms with Gasteiger partial charge in [-0.3, -0.25) is 4.79 Å². The van der Waals surface area contributed by atoms with Gasteiger partial charge in [0.15, 0.2) is 0 Å². The predicted molar refractivity (Wildman–Crippen MR) is 95.1 cm³/mol. The number of nitrogens with one attached hydrogen (secondary N) is 1. The number of carbonyl (C=O) groups is 1. The third kappa shape index (κ3) is 5.63. The highest BCUT2D eigenvalue weighted by atomic mass is 16.5. The summed E-state index contributed by atoms with van der Waals surface area (Å²) >= 11 is 0. The Kier molecular flexibility index (Phi) is 7.00. The molecule has 2 N–H and O–H groups in total. The second-order valence-corrected chi connectivity index (χ2v) is 5.91. The number of rotatable bonds is 8. The lowest BCUT2D eigenvalue weighted by Gasteiger charge is -2.12. The second kappa shape index (κ2) is 9.45. The average molecular weight is 338 g/mol. The predicted octanol–water partition coefficient (Wildman–Crippen LogP) is 2.89. The molecule has 25 heavy (non-hydrogen) atoms. The molecule has 0 saturated heterocycles. The Balaban J connectivity index is 1.89. The van der Waals surface area contributed by atoms with Gasteiger partial charge in [0.2, 0.25) is 0 Å². The van der Waals surface area contributed by atoms with Crippen LogP contribution in [-0.4, -0.2) is 24.2 Å². The zero-order valence-electron chi connectivity index (χ0n) is 14.2. The smallest absolute Gasteiger partial charge is 0.251 e. The van der Waals surface area contributed by atoms with Crippen LogP contribution >= 0.6 is 0 Å². The Bertz CT molecular complexity index is 735. The summed E-state index contributed by atoms with van der Waals surface area (Å²) in [5.41, 5.74) is 1.97. The van der Waals surface area contributed by atoms with Gasteiger partial charge in [-0.05, 0) is 42.7 Å². The van der Waals surface area contributed by atoms with E-state index in [1.807, 2.05) is 25.1 Å². The summed E-state index contributed by atoms with van der Waals surface area (Å²) in [6.07, 6.45) is 0.664. The minimum atomic E-state index is -0.147. The van der Waals surface area contributed by atoms with Gasteiger partial charge in [0, 0.05) is 24.3 Å². The number of carbonyl (C=O) groups excluding carboxylic acids is 1. The number of aliphatic hydroxyl groups is 1. The number of nitrogens with zero attached hydrogens (tertiary/aromatic N) is 1. The molecule has 5 heteroatoms. The van der Waals surface area contributed by atoms with Crippen molar-refractivity contribution in [3.63, 3.8) is 0 Å². The summed E-state index contributed by atoms with van der Waals surface area (Å²) in [6, 6.07) is 16.3. The molecule has 1 atom stereocenters. The van der Waals surface area contributed by atoms with Gasteiger partial charge < -0.3 is 15.2 Å². The molecule has 2 aromatic carbocycles. The molecule has 0 spiro atoms. The number of hydrogen-bond acceptors (Lipinski definition) is 4. The molecule has 130 valence electrons. The first-order valence-corrected chi connectivity index (χ1v) is 8.24. The molecule has 0 fully saturated rings. The first-order valence-electron chi connectivity index (χ1n) is 8.24. The van der Waals surface area contributed by atoms with Gasteiger partial charge in [-0.25, -0.2) is 0 Å². The minimum Gasteiger partial charge on any atom is -0.489 e. The number of amides is 1. The quantitative estimate of drug-likeness (QED) is 0.775.